The molecule has 1 aromatic heterocycles. The van der Waals surface area contributed by atoms with E-state index in [4.69, 9.17) is 10.6 Å². The van der Waals surface area contributed by atoms with Crippen molar-refractivity contribution in [1.82, 2.24) is 9.97 Å². The monoisotopic (exact) mass is 279 g/mol. The molecule has 0 aliphatic carbocycles. The molecule has 6 nitrogen and oxygen atoms in total. The molecule has 0 saturated carbocycles. The van der Waals surface area contributed by atoms with Crippen molar-refractivity contribution in [3.05, 3.63) is 11.9 Å². The molecule has 20 heavy (non-hydrogen) atoms. The molecule has 1 unspecified atom stereocenters. The third-order valence-electron chi connectivity index (χ3n) is 3.71. The van der Waals surface area contributed by atoms with E-state index < -0.39 is 0 Å². The van der Waals surface area contributed by atoms with E-state index in [1.165, 1.54) is 12.8 Å². The summed E-state index contributed by atoms with van der Waals surface area (Å²) in [5.41, 5.74) is 2.62. The van der Waals surface area contributed by atoms with Crippen molar-refractivity contribution >= 4 is 11.6 Å². The van der Waals surface area contributed by atoms with Gasteiger partial charge in [-0.3, -0.25) is 0 Å². The molecule has 1 aliphatic heterocycles. The minimum atomic E-state index is 0.416. The second-order valence-corrected chi connectivity index (χ2v) is 5.46. The van der Waals surface area contributed by atoms with E-state index in [0.29, 0.717) is 36.8 Å². The zero-order valence-corrected chi connectivity index (χ0v) is 12.6. The summed E-state index contributed by atoms with van der Waals surface area (Å²) in [6.07, 6.45) is 2.42. The lowest BCUT2D eigenvalue weighted by Gasteiger charge is -2.29. The normalized spacial score (nSPS) is 18.9. The van der Waals surface area contributed by atoms with Gasteiger partial charge in [0, 0.05) is 25.3 Å². The summed E-state index contributed by atoms with van der Waals surface area (Å²) in [6.45, 7) is 8.58. The van der Waals surface area contributed by atoms with E-state index >= 15 is 0 Å². The summed E-state index contributed by atoms with van der Waals surface area (Å²) in [5.74, 6) is 8.37. The van der Waals surface area contributed by atoms with Gasteiger partial charge in [0.1, 0.15) is 18.2 Å². The molecule has 2 rings (SSSR count). The highest BCUT2D eigenvalue weighted by molar-refractivity contribution is 5.50. The van der Waals surface area contributed by atoms with Gasteiger partial charge in [-0.1, -0.05) is 13.8 Å². The van der Waals surface area contributed by atoms with Gasteiger partial charge in [0.05, 0.1) is 0 Å². The summed E-state index contributed by atoms with van der Waals surface area (Å²) in [7, 11) is 0. The summed E-state index contributed by atoms with van der Waals surface area (Å²) in [6, 6.07) is 2.45. The number of ether oxygens (including phenoxy) is 1. The predicted molar refractivity (Wildman–Crippen MR) is 80.4 cm³/mol. The van der Waals surface area contributed by atoms with Gasteiger partial charge in [0.25, 0.3) is 0 Å². The van der Waals surface area contributed by atoms with Gasteiger partial charge in [0.15, 0.2) is 5.82 Å². The molecule has 0 spiro atoms. The molecule has 0 aromatic carbocycles. The maximum absolute atomic E-state index is 5.51. The van der Waals surface area contributed by atoms with Crippen LogP contribution >= 0.6 is 0 Å². The van der Waals surface area contributed by atoms with Crippen molar-refractivity contribution in [3.8, 4) is 0 Å². The minimum absolute atomic E-state index is 0.416. The third-order valence-corrected chi connectivity index (χ3v) is 3.71. The van der Waals surface area contributed by atoms with E-state index in [0.717, 1.165) is 12.4 Å². The first-order valence-electron chi connectivity index (χ1n) is 7.34. The van der Waals surface area contributed by atoms with Crippen molar-refractivity contribution in [1.29, 1.82) is 0 Å². The second-order valence-electron chi connectivity index (χ2n) is 5.46. The maximum Gasteiger partial charge on any atom is 0.158 e. The summed E-state index contributed by atoms with van der Waals surface area (Å²) < 4.78 is 5.40. The van der Waals surface area contributed by atoms with E-state index in [2.05, 4.69) is 34.1 Å². The van der Waals surface area contributed by atoms with Crippen LogP contribution in [-0.4, -0.2) is 29.2 Å². The van der Waals surface area contributed by atoms with Crippen molar-refractivity contribution in [3.63, 3.8) is 0 Å². The fraction of sp³-hybridized carbons (Fsp3) is 0.714. The molecule has 0 bridgehead atoms. The zero-order chi connectivity index (χ0) is 14.5. The highest BCUT2D eigenvalue weighted by atomic mass is 16.5. The average molecular weight is 279 g/mol. The van der Waals surface area contributed by atoms with Gasteiger partial charge in [-0.05, 0) is 25.7 Å². The highest BCUT2D eigenvalue weighted by Crippen LogP contribution is 2.29. The fourth-order valence-electron chi connectivity index (χ4n) is 2.73. The lowest BCUT2D eigenvalue weighted by Crippen LogP contribution is -2.34. The summed E-state index contributed by atoms with van der Waals surface area (Å²) >= 11 is 0. The number of hydrogen-bond donors (Lipinski definition) is 2. The summed E-state index contributed by atoms with van der Waals surface area (Å²) in [5, 5.41) is 0. The van der Waals surface area contributed by atoms with Gasteiger partial charge in [-0.15, -0.1) is 0 Å². The lowest BCUT2D eigenvalue weighted by atomic mass is 10.0. The number of nitrogens with two attached hydrogens (primary N) is 1. The van der Waals surface area contributed by atoms with Gasteiger partial charge in [0.2, 0.25) is 0 Å². The molecule has 1 aromatic rings. The zero-order valence-electron chi connectivity index (χ0n) is 12.6. The number of hydrazine groups is 1. The number of nitrogens with one attached hydrogen (secondary N) is 1. The molecule has 1 fully saturated rings. The lowest BCUT2D eigenvalue weighted by molar-refractivity contribution is 0.128. The number of aromatic nitrogens is 2. The first kappa shape index (κ1) is 15.0. The SMILES string of the molecule is CCOCc1nc(NN)cc(N2CCCC2C(C)C)n1. The fourth-order valence-corrected chi connectivity index (χ4v) is 2.73. The van der Waals surface area contributed by atoms with Crippen LogP contribution in [0.1, 0.15) is 39.4 Å². The van der Waals surface area contributed by atoms with Gasteiger partial charge < -0.3 is 15.1 Å². The van der Waals surface area contributed by atoms with E-state index in [1.54, 1.807) is 0 Å². The number of rotatable bonds is 6. The van der Waals surface area contributed by atoms with E-state index in [1.807, 2.05) is 13.0 Å². The first-order chi connectivity index (χ1) is 9.65. The topological polar surface area (TPSA) is 76.3 Å². The van der Waals surface area contributed by atoms with Crippen LogP contribution in [0.25, 0.3) is 0 Å². The Morgan fingerprint density at radius 2 is 2.30 bits per heavy atom. The van der Waals surface area contributed by atoms with Crippen molar-refractivity contribution in [2.45, 2.75) is 46.3 Å². The molecule has 112 valence electrons. The van der Waals surface area contributed by atoms with Crippen LogP contribution in [0.5, 0.6) is 0 Å². The molecule has 3 N–H and O–H groups in total. The summed E-state index contributed by atoms with van der Waals surface area (Å²) in [4.78, 5) is 11.3. The molecule has 1 saturated heterocycles. The Hall–Kier alpha value is -1.40. The second kappa shape index (κ2) is 6.85. The number of nitrogen functional groups attached to an aromatic ring is 1. The van der Waals surface area contributed by atoms with Crippen LogP contribution in [-0.2, 0) is 11.3 Å². The van der Waals surface area contributed by atoms with E-state index in [-0.39, 0.29) is 0 Å². The maximum atomic E-state index is 5.51. The van der Waals surface area contributed by atoms with Crippen LogP contribution in [0.3, 0.4) is 0 Å². The Morgan fingerprint density at radius 3 is 2.95 bits per heavy atom. The molecule has 6 heteroatoms. The molecule has 1 aliphatic rings. The van der Waals surface area contributed by atoms with Crippen molar-refractivity contribution in [2.75, 3.05) is 23.5 Å². The standard InChI is InChI=1S/C14H25N5O/c1-4-20-9-13-16-12(18-15)8-14(17-13)19-7-5-6-11(19)10(2)3/h8,10-11H,4-7,9,15H2,1-3H3,(H,16,17,18). The molecule has 0 radical (unpaired) electrons. The number of anilines is 2. The predicted octanol–water partition coefficient (Wildman–Crippen LogP) is 1.92. The Labute approximate surface area is 120 Å². The molecule has 2 heterocycles. The Balaban J connectivity index is 2.25. The van der Waals surface area contributed by atoms with Crippen LogP contribution in [0.2, 0.25) is 0 Å². The molecular formula is C14H25N5O. The van der Waals surface area contributed by atoms with Gasteiger partial charge in [-0.2, -0.15) is 0 Å². The smallest absolute Gasteiger partial charge is 0.158 e. The van der Waals surface area contributed by atoms with Crippen LogP contribution in [0.4, 0.5) is 11.6 Å². The Kier molecular flexibility index (Phi) is 5.14. The molecule has 0 amide bonds. The third kappa shape index (κ3) is 3.37. The average Bonchev–Trinajstić information content (AvgIpc) is 2.94. The van der Waals surface area contributed by atoms with E-state index in [9.17, 15) is 0 Å². The van der Waals surface area contributed by atoms with Crippen LogP contribution in [0, 0.1) is 5.92 Å². The van der Waals surface area contributed by atoms with Gasteiger partial charge in [-0.25, -0.2) is 15.8 Å². The van der Waals surface area contributed by atoms with Crippen LogP contribution < -0.4 is 16.2 Å². The number of hydrogen-bond acceptors (Lipinski definition) is 6. The van der Waals surface area contributed by atoms with Crippen LogP contribution in [0.15, 0.2) is 6.07 Å². The first-order valence-corrected chi connectivity index (χ1v) is 7.34. The largest absolute Gasteiger partial charge is 0.374 e. The number of nitrogens with zero attached hydrogens (tertiary/aromatic N) is 3. The highest BCUT2D eigenvalue weighted by Gasteiger charge is 2.28. The minimum Gasteiger partial charge on any atom is -0.374 e. The Morgan fingerprint density at radius 1 is 1.50 bits per heavy atom. The molecule has 1 atom stereocenters. The molecular weight excluding hydrogens is 254 g/mol. The Bertz CT molecular complexity index is 438. The van der Waals surface area contributed by atoms with Crippen molar-refractivity contribution in [2.24, 2.45) is 11.8 Å². The quantitative estimate of drug-likeness (QED) is 0.612. The van der Waals surface area contributed by atoms with Gasteiger partial charge >= 0.3 is 0 Å². The van der Waals surface area contributed by atoms with Crippen molar-refractivity contribution < 1.29 is 4.74 Å².